The Morgan fingerprint density at radius 2 is 0.405 bits per heavy atom. The monoisotopic (exact) mass is 595 g/mol. The molecule has 0 atom stereocenters. The first-order chi connectivity index (χ1) is 17.5. The van der Waals surface area contributed by atoms with Crippen LogP contribution in [0.4, 0.5) is 0 Å². The first-order valence-electron chi connectivity index (χ1n) is 16.6. The Morgan fingerprint density at radius 1 is 0.297 bits per heavy atom. The third kappa shape index (κ3) is 26.4. The molecule has 0 saturated carbocycles. The van der Waals surface area contributed by atoms with E-state index in [4.69, 9.17) is 5.11 Å². The van der Waals surface area contributed by atoms with Crippen LogP contribution in [0.5, 0.6) is 0 Å². The summed E-state index contributed by atoms with van der Waals surface area (Å²) < 4.78 is 2.84. The summed E-state index contributed by atoms with van der Waals surface area (Å²) in [7, 11) is 0.750. The van der Waals surface area contributed by atoms with Crippen molar-refractivity contribution in [1.82, 2.24) is 0 Å². The number of quaternary nitrogens is 2. The average Bonchev–Trinajstić information content (AvgIpc) is 2.93. The molecule has 0 saturated heterocycles. The molecule has 0 heterocycles. The Labute approximate surface area is 248 Å². The van der Waals surface area contributed by atoms with Gasteiger partial charge in [0, 0.05) is 0 Å². The van der Waals surface area contributed by atoms with Crippen LogP contribution in [-0.4, -0.2) is 68.4 Å². The molecule has 0 bridgehead atoms. The van der Waals surface area contributed by atoms with Crippen molar-refractivity contribution in [2.75, 3.05) is 59.5 Å². The maximum Gasteiger partial charge on any atom is 0.0786 e. The highest BCUT2D eigenvalue weighted by atomic mass is 79.9. The lowest BCUT2D eigenvalue weighted by Gasteiger charge is -2.39. The summed E-state index contributed by atoms with van der Waals surface area (Å²) in [6, 6.07) is 0. The molecule has 0 rings (SSSR count). The van der Waals surface area contributed by atoms with Crippen LogP contribution in [0.1, 0.15) is 158 Å². The van der Waals surface area contributed by atoms with Gasteiger partial charge in [0.05, 0.1) is 52.4 Å². The molecule has 0 aliphatic carbocycles. The van der Waals surface area contributed by atoms with Crippen LogP contribution in [0.2, 0.25) is 0 Å². The second-order valence-corrected chi connectivity index (χ2v) is 11.3. The van der Waals surface area contributed by atoms with Gasteiger partial charge in [-0.2, -0.15) is 7.11 Å². The van der Waals surface area contributed by atoms with Gasteiger partial charge < -0.3 is 31.1 Å². The minimum atomic E-state index is 0. The van der Waals surface area contributed by atoms with Gasteiger partial charge in [0.25, 0.3) is 0 Å². The molecule has 0 aliphatic heterocycles. The molecule has 0 radical (unpaired) electrons. The van der Waals surface area contributed by atoms with E-state index in [1.165, 1.54) is 164 Å². The van der Waals surface area contributed by atoms with Crippen molar-refractivity contribution in [2.24, 2.45) is 0 Å². The first-order valence-corrected chi connectivity index (χ1v) is 16.6. The van der Waals surface area contributed by atoms with Gasteiger partial charge in [0.15, 0.2) is 0 Å². The molecule has 37 heavy (non-hydrogen) atoms. The van der Waals surface area contributed by atoms with E-state index in [0.29, 0.717) is 0 Å². The quantitative estimate of drug-likeness (QED) is 0.126. The molecule has 0 unspecified atom stereocenters. The van der Waals surface area contributed by atoms with Crippen LogP contribution in [0.3, 0.4) is 0 Å². The van der Waals surface area contributed by atoms with Crippen molar-refractivity contribution < 1.29 is 31.1 Å². The fourth-order valence-corrected chi connectivity index (χ4v) is 5.29. The van der Waals surface area contributed by atoms with Gasteiger partial charge in [-0.3, -0.25) is 0 Å². The van der Waals surface area contributed by atoms with Crippen molar-refractivity contribution in [3.05, 3.63) is 0 Å². The summed E-state index contributed by atoms with van der Waals surface area (Å²) >= 11 is 0. The zero-order valence-corrected chi connectivity index (χ0v) is 29.2. The second kappa shape index (κ2) is 34.4. The highest BCUT2D eigenvalue weighted by Crippen LogP contribution is 2.17. The maximum absolute atomic E-state index is 8.25. The molecule has 0 aromatic carbocycles. The molecule has 0 spiro atoms. The summed E-state index contributed by atoms with van der Waals surface area (Å²) in [4.78, 5) is 0. The van der Waals surface area contributed by atoms with Gasteiger partial charge in [0.1, 0.15) is 0 Å². The second-order valence-electron chi connectivity index (χ2n) is 11.3. The Hall–Kier alpha value is 0.360. The topological polar surface area (TPSA) is 23.1 Å². The number of hydrogen-bond donors (Lipinski definition) is 0. The van der Waals surface area contributed by atoms with E-state index in [-0.39, 0.29) is 17.0 Å². The summed E-state index contributed by atoms with van der Waals surface area (Å²) in [5.41, 5.74) is 0. The highest BCUT2D eigenvalue weighted by Gasteiger charge is 2.25. The Balaban J connectivity index is -0.000000269. The number of unbranched alkanes of at least 4 members (excludes halogenated alkanes) is 8. The van der Waals surface area contributed by atoms with Crippen molar-refractivity contribution in [3.63, 3.8) is 0 Å². The van der Waals surface area contributed by atoms with E-state index in [9.17, 15) is 0 Å². The predicted octanol–water partition coefficient (Wildman–Crippen LogP) is 5.99. The van der Waals surface area contributed by atoms with E-state index in [1.807, 2.05) is 0 Å². The third-order valence-electron chi connectivity index (χ3n) is 7.89. The molecule has 0 aliphatic rings. The smallest absolute Gasteiger partial charge is 0.0786 e. The van der Waals surface area contributed by atoms with E-state index in [2.05, 4.69) is 55.4 Å². The number of hydrogen-bond acceptors (Lipinski definition) is 1. The molecule has 230 valence electrons. The maximum atomic E-state index is 8.25. The average molecular weight is 596 g/mol. The largest absolute Gasteiger partial charge is 1.00 e. The molecule has 0 aromatic heterocycles. The highest BCUT2D eigenvalue weighted by molar-refractivity contribution is 4.50. The Morgan fingerprint density at radius 3 is 0.486 bits per heavy atom. The lowest BCUT2D eigenvalue weighted by atomic mass is 10.1. The molecular formula is C33H75BrN2O. The zero-order chi connectivity index (χ0) is 28.0. The fourth-order valence-electron chi connectivity index (χ4n) is 5.29. The standard InChI is InChI=1S/2C16H36N.CH3O.BrH/c2*1-5-9-13-17(14-10-6-2,15-11-7-3)16-12-8-4;1-2;/h2*5-16H2,1-4H3;1H3;1H/q2*+1;-1;/p-1. The lowest BCUT2D eigenvalue weighted by Crippen LogP contribution is -3.00. The fraction of sp³-hybridized carbons (Fsp3) is 1.00. The summed E-state index contributed by atoms with van der Waals surface area (Å²) in [6.07, 6.45) is 22.1. The summed E-state index contributed by atoms with van der Waals surface area (Å²) in [5.74, 6) is 0. The van der Waals surface area contributed by atoms with Gasteiger partial charge in [-0.15, -0.1) is 0 Å². The summed E-state index contributed by atoms with van der Waals surface area (Å²) in [5, 5.41) is 8.25. The first kappa shape index (κ1) is 44.4. The van der Waals surface area contributed by atoms with E-state index in [1.54, 1.807) is 0 Å². The Bertz CT molecular complexity index is 281. The van der Waals surface area contributed by atoms with Crippen LogP contribution in [0.15, 0.2) is 0 Å². The number of rotatable bonds is 24. The van der Waals surface area contributed by atoms with E-state index in [0.717, 1.165) is 7.11 Å². The van der Waals surface area contributed by atoms with Crippen LogP contribution < -0.4 is 22.1 Å². The van der Waals surface area contributed by atoms with Crippen molar-refractivity contribution in [3.8, 4) is 0 Å². The SMILES string of the molecule is CCCC[N+](CCCC)(CCCC)CCCC.CCCC[N+](CCCC)(CCCC)CCCC.C[O-].[Br-]. The van der Waals surface area contributed by atoms with Gasteiger partial charge in [-0.25, -0.2) is 0 Å². The molecule has 3 nitrogen and oxygen atoms in total. The zero-order valence-electron chi connectivity index (χ0n) is 27.7. The van der Waals surface area contributed by atoms with Crippen molar-refractivity contribution in [2.45, 2.75) is 158 Å². The van der Waals surface area contributed by atoms with E-state index < -0.39 is 0 Å². The molecule has 0 N–H and O–H groups in total. The number of halogens is 1. The lowest BCUT2D eigenvalue weighted by molar-refractivity contribution is -0.929. The molecule has 0 fully saturated rings. The molecule has 4 heteroatoms. The Kier molecular flexibility index (Phi) is 41.2. The third-order valence-corrected chi connectivity index (χ3v) is 7.89. The molecule has 0 amide bonds. The van der Waals surface area contributed by atoms with E-state index >= 15 is 0 Å². The molecule has 0 aromatic rings. The van der Waals surface area contributed by atoms with Crippen LogP contribution in [-0.2, 0) is 0 Å². The van der Waals surface area contributed by atoms with Crippen LogP contribution in [0.25, 0.3) is 0 Å². The van der Waals surface area contributed by atoms with Crippen LogP contribution in [0, 0.1) is 0 Å². The molecular weight excluding hydrogens is 520 g/mol. The minimum Gasteiger partial charge on any atom is -1.00 e. The normalized spacial score (nSPS) is 11.2. The van der Waals surface area contributed by atoms with Crippen molar-refractivity contribution >= 4 is 0 Å². The van der Waals surface area contributed by atoms with Crippen LogP contribution >= 0.6 is 0 Å². The predicted molar refractivity (Wildman–Crippen MR) is 165 cm³/mol. The van der Waals surface area contributed by atoms with Gasteiger partial charge >= 0.3 is 0 Å². The number of nitrogens with zero attached hydrogens (tertiary/aromatic N) is 2. The van der Waals surface area contributed by atoms with Gasteiger partial charge in [-0.1, -0.05) is 107 Å². The van der Waals surface area contributed by atoms with Gasteiger partial charge in [0.2, 0.25) is 0 Å². The summed E-state index contributed by atoms with van der Waals surface area (Å²) in [6.45, 7) is 30.0. The minimum absolute atomic E-state index is 0. The van der Waals surface area contributed by atoms with Crippen molar-refractivity contribution in [1.29, 1.82) is 0 Å². The van der Waals surface area contributed by atoms with Gasteiger partial charge in [-0.05, 0) is 51.4 Å².